The highest BCUT2D eigenvalue weighted by molar-refractivity contribution is 7.80. The van der Waals surface area contributed by atoms with Crippen LogP contribution in [-0.2, 0) is 9.53 Å². The number of carbonyl (C=O) groups excluding carboxylic acids is 1. The van der Waals surface area contributed by atoms with Gasteiger partial charge in [-0.1, -0.05) is 29.9 Å². The first kappa shape index (κ1) is 12.7. The molecule has 4 nitrogen and oxygen atoms in total. The number of nitrogens with two attached hydrogens (primary N) is 1. The molecule has 0 aliphatic carbocycles. The van der Waals surface area contributed by atoms with Crippen LogP contribution in [0.4, 0.5) is 5.69 Å². The Labute approximate surface area is 104 Å². The first-order valence-electron chi connectivity index (χ1n) is 4.45. The van der Waals surface area contributed by atoms with Crippen molar-refractivity contribution in [2.24, 2.45) is 5.73 Å². The molecular weight excluding hydrogens is 248 g/mol. The monoisotopic (exact) mass is 258 g/mol. The molecule has 0 aromatic heterocycles. The van der Waals surface area contributed by atoms with E-state index in [1.54, 1.807) is 18.2 Å². The lowest BCUT2D eigenvalue weighted by molar-refractivity contribution is -0.138. The van der Waals surface area contributed by atoms with Crippen molar-refractivity contribution in [3.8, 4) is 0 Å². The highest BCUT2D eigenvalue weighted by Gasteiger charge is 2.10. The van der Waals surface area contributed by atoms with Crippen molar-refractivity contribution in [1.29, 1.82) is 0 Å². The number of halogens is 1. The second-order valence-corrected chi connectivity index (χ2v) is 3.80. The molecule has 6 heteroatoms. The van der Waals surface area contributed by atoms with Gasteiger partial charge >= 0.3 is 5.97 Å². The molecule has 0 radical (unpaired) electrons. The largest absolute Gasteiger partial charge is 0.468 e. The smallest absolute Gasteiger partial charge is 0.325 e. The summed E-state index contributed by atoms with van der Waals surface area (Å²) >= 11 is 10.8. The minimum Gasteiger partial charge on any atom is -0.468 e. The van der Waals surface area contributed by atoms with Crippen molar-refractivity contribution in [2.45, 2.75) is 0 Å². The van der Waals surface area contributed by atoms with Crippen LogP contribution in [0.15, 0.2) is 18.2 Å². The Hall–Kier alpha value is -1.33. The van der Waals surface area contributed by atoms with Crippen molar-refractivity contribution in [3.63, 3.8) is 0 Å². The van der Waals surface area contributed by atoms with Crippen molar-refractivity contribution >= 4 is 40.5 Å². The third-order valence-corrected chi connectivity index (χ3v) is 2.43. The van der Waals surface area contributed by atoms with Gasteiger partial charge in [0.05, 0.1) is 17.7 Å². The molecule has 86 valence electrons. The number of hydrogen-bond acceptors (Lipinski definition) is 4. The molecule has 0 aliphatic heterocycles. The van der Waals surface area contributed by atoms with Gasteiger partial charge in [-0.15, -0.1) is 0 Å². The van der Waals surface area contributed by atoms with E-state index in [0.29, 0.717) is 16.3 Å². The topological polar surface area (TPSA) is 64.3 Å². The second-order valence-electron chi connectivity index (χ2n) is 2.96. The van der Waals surface area contributed by atoms with Crippen molar-refractivity contribution in [2.75, 3.05) is 19.0 Å². The van der Waals surface area contributed by atoms with Crippen LogP contribution in [0.5, 0.6) is 0 Å². The van der Waals surface area contributed by atoms with Crippen LogP contribution >= 0.6 is 23.8 Å². The zero-order valence-corrected chi connectivity index (χ0v) is 10.2. The van der Waals surface area contributed by atoms with E-state index < -0.39 is 0 Å². The number of esters is 1. The molecule has 1 aromatic carbocycles. The molecule has 0 unspecified atom stereocenters. The Bertz CT molecular complexity index is 423. The SMILES string of the molecule is COC(=O)CNc1cccc(Cl)c1C(N)=S. The molecule has 16 heavy (non-hydrogen) atoms. The summed E-state index contributed by atoms with van der Waals surface area (Å²) in [7, 11) is 1.32. The zero-order chi connectivity index (χ0) is 12.1. The average Bonchev–Trinajstić information content (AvgIpc) is 2.25. The Balaban J connectivity index is 2.91. The van der Waals surface area contributed by atoms with Gasteiger partial charge in [0.1, 0.15) is 11.5 Å². The van der Waals surface area contributed by atoms with E-state index in [1.807, 2.05) is 0 Å². The van der Waals surface area contributed by atoms with E-state index in [4.69, 9.17) is 29.6 Å². The third-order valence-electron chi connectivity index (χ3n) is 1.91. The van der Waals surface area contributed by atoms with Crippen LogP contribution in [0.3, 0.4) is 0 Å². The van der Waals surface area contributed by atoms with Crippen LogP contribution in [0.2, 0.25) is 5.02 Å². The predicted octanol–water partition coefficient (Wildman–Crippen LogP) is 1.56. The molecule has 0 fully saturated rings. The van der Waals surface area contributed by atoms with Crippen LogP contribution < -0.4 is 11.1 Å². The van der Waals surface area contributed by atoms with Gasteiger partial charge in [0.15, 0.2) is 0 Å². The number of rotatable bonds is 4. The van der Waals surface area contributed by atoms with Crippen LogP contribution in [0, 0.1) is 0 Å². The van der Waals surface area contributed by atoms with Gasteiger partial charge in [-0.05, 0) is 12.1 Å². The number of nitrogens with one attached hydrogen (secondary N) is 1. The lowest BCUT2D eigenvalue weighted by atomic mass is 10.1. The summed E-state index contributed by atoms with van der Waals surface area (Å²) in [5, 5.41) is 3.31. The molecule has 0 saturated heterocycles. The van der Waals surface area contributed by atoms with E-state index in [1.165, 1.54) is 7.11 Å². The van der Waals surface area contributed by atoms with Gasteiger partial charge in [-0.25, -0.2) is 0 Å². The molecular formula is C10H11ClN2O2S. The minimum absolute atomic E-state index is 0.0342. The molecule has 1 aromatic rings. The Morgan fingerprint density at radius 2 is 2.31 bits per heavy atom. The lowest BCUT2D eigenvalue weighted by Gasteiger charge is -2.11. The summed E-state index contributed by atoms with van der Waals surface area (Å²) in [6, 6.07) is 5.16. The van der Waals surface area contributed by atoms with E-state index in [2.05, 4.69) is 10.1 Å². The Morgan fingerprint density at radius 1 is 1.62 bits per heavy atom. The van der Waals surface area contributed by atoms with E-state index >= 15 is 0 Å². The number of benzene rings is 1. The van der Waals surface area contributed by atoms with Crippen LogP contribution in [-0.4, -0.2) is 24.6 Å². The highest BCUT2D eigenvalue weighted by Crippen LogP contribution is 2.23. The Morgan fingerprint density at radius 3 is 2.88 bits per heavy atom. The molecule has 0 aliphatic rings. The maximum absolute atomic E-state index is 11.0. The molecule has 0 amide bonds. The van der Waals surface area contributed by atoms with Gasteiger partial charge in [0.25, 0.3) is 0 Å². The summed E-state index contributed by atoms with van der Waals surface area (Å²) in [5.74, 6) is -0.381. The van der Waals surface area contributed by atoms with Gasteiger partial charge in [-0.2, -0.15) is 0 Å². The molecule has 0 atom stereocenters. The number of anilines is 1. The quantitative estimate of drug-likeness (QED) is 0.634. The first-order valence-corrected chi connectivity index (χ1v) is 5.24. The molecule has 0 heterocycles. The molecule has 0 spiro atoms. The summed E-state index contributed by atoms with van der Waals surface area (Å²) in [4.78, 5) is 11.1. The molecule has 0 saturated carbocycles. The maximum Gasteiger partial charge on any atom is 0.325 e. The fourth-order valence-electron chi connectivity index (χ4n) is 1.16. The van der Waals surface area contributed by atoms with Gasteiger partial charge in [0, 0.05) is 5.69 Å². The van der Waals surface area contributed by atoms with Gasteiger partial charge in [0.2, 0.25) is 0 Å². The number of ether oxygens (including phenoxy) is 1. The highest BCUT2D eigenvalue weighted by atomic mass is 35.5. The summed E-state index contributed by atoms with van der Waals surface area (Å²) in [6.07, 6.45) is 0. The van der Waals surface area contributed by atoms with Gasteiger partial charge < -0.3 is 15.8 Å². The maximum atomic E-state index is 11.0. The fourth-order valence-corrected chi connectivity index (χ4v) is 1.71. The summed E-state index contributed by atoms with van der Waals surface area (Å²) in [5.41, 5.74) is 6.69. The third kappa shape index (κ3) is 3.08. The summed E-state index contributed by atoms with van der Waals surface area (Å²) < 4.78 is 4.50. The average molecular weight is 259 g/mol. The van der Waals surface area contributed by atoms with Gasteiger partial charge in [-0.3, -0.25) is 4.79 Å². The number of carbonyl (C=O) groups is 1. The normalized spacial score (nSPS) is 9.62. The van der Waals surface area contributed by atoms with Crippen LogP contribution in [0.1, 0.15) is 5.56 Å². The van der Waals surface area contributed by atoms with Crippen LogP contribution in [0.25, 0.3) is 0 Å². The van der Waals surface area contributed by atoms with Crippen molar-refractivity contribution in [1.82, 2.24) is 0 Å². The number of thiocarbonyl (C=S) groups is 1. The van der Waals surface area contributed by atoms with E-state index in [0.717, 1.165) is 0 Å². The minimum atomic E-state index is -0.381. The number of methoxy groups -OCH3 is 1. The van der Waals surface area contributed by atoms with E-state index in [9.17, 15) is 4.79 Å². The standard InChI is InChI=1S/C10H11ClN2O2S/c1-15-8(14)5-13-7-4-2-3-6(11)9(7)10(12)16/h2-4,13H,5H2,1H3,(H2,12,16). The fraction of sp³-hybridized carbons (Fsp3) is 0.200. The molecule has 3 N–H and O–H groups in total. The summed E-state index contributed by atoms with van der Waals surface area (Å²) in [6.45, 7) is 0.0342. The second kappa shape index (κ2) is 5.67. The zero-order valence-electron chi connectivity index (χ0n) is 8.62. The van der Waals surface area contributed by atoms with E-state index in [-0.39, 0.29) is 17.5 Å². The first-order chi connectivity index (χ1) is 7.56. The lowest BCUT2D eigenvalue weighted by Crippen LogP contribution is -2.19. The predicted molar refractivity (Wildman–Crippen MR) is 67.8 cm³/mol. The number of hydrogen-bond donors (Lipinski definition) is 2. The van der Waals surface area contributed by atoms with Crippen molar-refractivity contribution < 1.29 is 9.53 Å². The molecule has 1 rings (SSSR count). The van der Waals surface area contributed by atoms with Crippen molar-refractivity contribution in [3.05, 3.63) is 28.8 Å². The molecule has 0 bridgehead atoms. The Kier molecular flexibility index (Phi) is 4.52.